The van der Waals surface area contributed by atoms with Crippen LogP contribution in [0, 0.1) is 0 Å². The van der Waals surface area contributed by atoms with Gasteiger partial charge in [-0.25, -0.2) is 9.97 Å². The Balaban J connectivity index is 1.56. The number of nitrogens with one attached hydrogen (secondary N) is 1. The fourth-order valence-electron chi connectivity index (χ4n) is 2.64. The van der Waals surface area contributed by atoms with Crippen molar-refractivity contribution in [1.82, 2.24) is 14.9 Å². The largest absolute Gasteiger partial charge is 0.475 e. The van der Waals surface area contributed by atoms with Gasteiger partial charge in [0, 0.05) is 31.5 Å². The molecule has 1 N–H and O–H groups in total. The van der Waals surface area contributed by atoms with Gasteiger partial charge in [-0.3, -0.25) is 4.79 Å². The topological polar surface area (TPSA) is 67.4 Å². The van der Waals surface area contributed by atoms with Crippen molar-refractivity contribution in [2.45, 2.75) is 25.8 Å². The van der Waals surface area contributed by atoms with Crippen LogP contribution in [0.2, 0.25) is 0 Å². The maximum atomic E-state index is 12.3. The van der Waals surface area contributed by atoms with Crippen molar-refractivity contribution in [2.75, 3.05) is 25.0 Å². The van der Waals surface area contributed by atoms with E-state index in [4.69, 9.17) is 4.74 Å². The first-order valence-corrected chi connectivity index (χ1v) is 8.69. The summed E-state index contributed by atoms with van der Waals surface area (Å²) in [7, 11) is 0. The molecule has 0 aromatic carbocycles. The number of thiophene rings is 1. The van der Waals surface area contributed by atoms with Crippen LogP contribution in [0.5, 0.6) is 5.88 Å². The highest BCUT2D eigenvalue weighted by Crippen LogP contribution is 2.23. The molecular weight excluding hydrogens is 312 g/mol. The van der Waals surface area contributed by atoms with E-state index in [1.807, 2.05) is 29.3 Å². The molecule has 0 spiro atoms. The van der Waals surface area contributed by atoms with Crippen LogP contribution in [0.4, 0.5) is 5.82 Å². The standard InChI is InChI=1S/C16H20N4O2S/c1-2-22-15-14(17-7-8-18-15)19-12-5-9-20(10-6-12)16(21)13-4-3-11-23-13/h3-4,7-8,11-12H,2,5-6,9-10H2,1H3,(H,17,19). The lowest BCUT2D eigenvalue weighted by molar-refractivity contribution is 0.0723. The molecule has 1 aliphatic rings. The van der Waals surface area contributed by atoms with E-state index in [0.717, 1.165) is 30.8 Å². The van der Waals surface area contributed by atoms with Gasteiger partial charge in [-0.2, -0.15) is 0 Å². The SMILES string of the molecule is CCOc1nccnc1NC1CCN(C(=O)c2cccs2)CC1. The Morgan fingerprint density at radius 2 is 2.17 bits per heavy atom. The van der Waals surface area contributed by atoms with Crippen molar-refractivity contribution in [3.8, 4) is 5.88 Å². The molecule has 3 rings (SSSR count). The summed E-state index contributed by atoms with van der Waals surface area (Å²) in [5, 5.41) is 5.33. The lowest BCUT2D eigenvalue weighted by Crippen LogP contribution is -2.42. The Hall–Kier alpha value is -2.15. The van der Waals surface area contributed by atoms with Crippen molar-refractivity contribution in [2.24, 2.45) is 0 Å². The van der Waals surface area contributed by atoms with E-state index >= 15 is 0 Å². The molecule has 0 atom stereocenters. The highest BCUT2D eigenvalue weighted by Gasteiger charge is 2.25. The maximum Gasteiger partial charge on any atom is 0.263 e. The van der Waals surface area contributed by atoms with Gasteiger partial charge in [0.2, 0.25) is 0 Å². The number of likely N-dealkylation sites (tertiary alicyclic amines) is 1. The van der Waals surface area contributed by atoms with Crippen LogP contribution >= 0.6 is 11.3 Å². The predicted octanol–water partition coefficient (Wildman–Crippen LogP) is 2.65. The lowest BCUT2D eigenvalue weighted by atomic mass is 10.0. The van der Waals surface area contributed by atoms with Gasteiger partial charge >= 0.3 is 0 Å². The maximum absolute atomic E-state index is 12.3. The van der Waals surface area contributed by atoms with Gasteiger partial charge in [0.15, 0.2) is 5.82 Å². The van der Waals surface area contributed by atoms with E-state index in [1.54, 1.807) is 12.4 Å². The molecule has 3 heterocycles. The second kappa shape index (κ2) is 7.41. The smallest absolute Gasteiger partial charge is 0.263 e. The van der Waals surface area contributed by atoms with Crippen molar-refractivity contribution in [1.29, 1.82) is 0 Å². The molecule has 2 aromatic rings. The molecule has 0 saturated carbocycles. The molecule has 1 fully saturated rings. The third kappa shape index (κ3) is 3.79. The second-order valence-corrected chi connectivity index (χ2v) is 6.28. The summed E-state index contributed by atoms with van der Waals surface area (Å²) in [5.74, 6) is 1.34. The average molecular weight is 332 g/mol. The number of hydrogen-bond acceptors (Lipinski definition) is 6. The molecule has 2 aromatic heterocycles. The second-order valence-electron chi connectivity index (χ2n) is 5.33. The van der Waals surface area contributed by atoms with E-state index in [1.165, 1.54) is 11.3 Å². The van der Waals surface area contributed by atoms with Crippen LogP contribution in [-0.2, 0) is 0 Å². The van der Waals surface area contributed by atoms with Gasteiger partial charge in [-0.15, -0.1) is 11.3 Å². The Morgan fingerprint density at radius 3 is 2.87 bits per heavy atom. The third-order valence-corrected chi connectivity index (χ3v) is 4.66. The van der Waals surface area contributed by atoms with Crippen molar-refractivity contribution >= 4 is 23.1 Å². The fourth-order valence-corrected chi connectivity index (χ4v) is 3.33. The van der Waals surface area contributed by atoms with Gasteiger partial charge < -0.3 is 15.0 Å². The van der Waals surface area contributed by atoms with E-state index in [2.05, 4.69) is 15.3 Å². The predicted molar refractivity (Wildman–Crippen MR) is 90.1 cm³/mol. The normalized spacial score (nSPS) is 15.4. The summed E-state index contributed by atoms with van der Waals surface area (Å²) in [6.45, 7) is 3.98. The summed E-state index contributed by atoms with van der Waals surface area (Å²) in [6, 6.07) is 4.07. The van der Waals surface area contributed by atoms with Crippen molar-refractivity contribution in [3.05, 3.63) is 34.8 Å². The van der Waals surface area contributed by atoms with Crippen LogP contribution < -0.4 is 10.1 Å². The average Bonchev–Trinajstić information content (AvgIpc) is 3.11. The molecule has 7 heteroatoms. The Bertz CT molecular complexity index is 639. The number of aromatic nitrogens is 2. The summed E-state index contributed by atoms with van der Waals surface area (Å²) in [6.07, 6.45) is 5.05. The van der Waals surface area contributed by atoms with E-state index in [-0.39, 0.29) is 11.9 Å². The van der Waals surface area contributed by atoms with Crippen molar-refractivity contribution in [3.63, 3.8) is 0 Å². The van der Waals surface area contributed by atoms with Crippen LogP contribution in [0.15, 0.2) is 29.9 Å². The third-order valence-electron chi connectivity index (χ3n) is 3.80. The van der Waals surface area contributed by atoms with Gasteiger partial charge in [0.25, 0.3) is 11.8 Å². The lowest BCUT2D eigenvalue weighted by Gasteiger charge is -2.32. The number of ether oxygens (including phenoxy) is 1. The minimum Gasteiger partial charge on any atom is -0.475 e. The quantitative estimate of drug-likeness (QED) is 0.912. The monoisotopic (exact) mass is 332 g/mol. The zero-order valence-corrected chi connectivity index (χ0v) is 13.9. The number of carbonyl (C=O) groups excluding carboxylic acids is 1. The minimum atomic E-state index is 0.132. The number of nitrogens with zero attached hydrogens (tertiary/aromatic N) is 3. The molecule has 1 saturated heterocycles. The first kappa shape index (κ1) is 15.7. The van der Waals surface area contributed by atoms with Crippen molar-refractivity contribution < 1.29 is 9.53 Å². The minimum absolute atomic E-state index is 0.132. The van der Waals surface area contributed by atoms with Crippen LogP contribution in [0.3, 0.4) is 0 Å². The number of rotatable bonds is 5. The number of amides is 1. The Kier molecular flexibility index (Phi) is 5.07. The highest BCUT2D eigenvalue weighted by atomic mass is 32.1. The number of piperidine rings is 1. The summed E-state index contributed by atoms with van der Waals surface area (Å²) >= 11 is 1.49. The first-order valence-electron chi connectivity index (χ1n) is 7.81. The zero-order valence-electron chi connectivity index (χ0n) is 13.1. The van der Waals surface area contributed by atoms with Gasteiger partial charge in [-0.1, -0.05) is 6.07 Å². The van der Waals surface area contributed by atoms with E-state index < -0.39 is 0 Å². The molecule has 0 unspecified atom stereocenters. The number of carbonyl (C=O) groups is 1. The van der Waals surface area contributed by atoms with E-state index in [9.17, 15) is 4.79 Å². The van der Waals surface area contributed by atoms with Crippen LogP contribution in [0.1, 0.15) is 29.4 Å². The summed E-state index contributed by atoms with van der Waals surface area (Å²) < 4.78 is 5.49. The van der Waals surface area contributed by atoms with E-state index in [0.29, 0.717) is 18.3 Å². The number of anilines is 1. The van der Waals surface area contributed by atoms with Crippen LogP contribution in [-0.4, -0.2) is 46.5 Å². The Morgan fingerprint density at radius 1 is 1.39 bits per heavy atom. The Labute approximate surface area is 139 Å². The molecule has 0 bridgehead atoms. The molecule has 0 radical (unpaired) electrons. The molecule has 122 valence electrons. The number of hydrogen-bond donors (Lipinski definition) is 1. The van der Waals surface area contributed by atoms with Gasteiger partial charge in [0.1, 0.15) is 0 Å². The van der Waals surface area contributed by atoms with Gasteiger partial charge in [0.05, 0.1) is 11.5 Å². The molecular formula is C16H20N4O2S. The molecule has 1 aliphatic heterocycles. The van der Waals surface area contributed by atoms with Gasteiger partial charge in [-0.05, 0) is 31.2 Å². The zero-order chi connectivity index (χ0) is 16.1. The fraction of sp³-hybridized carbons (Fsp3) is 0.438. The summed E-state index contributed by atoms with van der Waals surface area (Å²) in [5.41, 5.74) is 0. The highest BCUT2D eigenvalue weighted by molar-refractivity contribution is 7.12. The van der Waals surface area contributed by atoms with Crippen LogP contribution in [0.25, 0.3) is 0 Å². The molecule has 1 amide bonds. The molecule has 23 heavy (non-hydrogen) atoms. The summed E-state index contributed by atoms with van der Waals surface area (Å²) in [4.78, 5) is 23.6. The first-order chi connectivity index (χ1) is 11.3. The molecule has 0 aliphatic carbocycles. The molecule has 6 nitrogen and oxygen atoms in total.